The van der Waals surface area contributed by atoms with E-state index in [2.05, 4.69) is 5.32 Å². The highest BCUT2D eigenvalue weighted by Crippen LogP contribution is 2.32. The number of thioether (sulfide) groups is 1. The Hall–Kier alpha value is -3.00. The monoisotopic (exact) mass is 513 g/mol. The smallest absolute Gasteiger partial charge is 0.238 e. The molecule has 0 aromatic heterocycles. The molecule has 1 N–H and O–H groups in total. The lowest BCUT2D eigenvalue weighted by molar-refractivity contribution is -0.129. The van der Waals surface area contributed by atoms with Crippen LogP contribution in [-0.2, 0) is 16.1 Å². The first-order chi connectivity index (χ1) is 16.4. The molecule has 4 rings (SSSR count). The Morgan fingerprint density at radius 3 is 2.47 bits per heavy atom. The highest BCUT2D eigenvalue weighted by atomic mass is 35.5. The van der Waals surface area contributed by atoms with Crippen LogP contribution in [-0.4, -0.2) is 34.2 Å². The minimum Gasteiger partial charge on any atom is -0.497 e. The molecule has 6 nitrogen and oxygen atoms in total. The Bertz CT molecular complexity index is 1220. The third-order valence-corrected chi connectivity index (χ3v) is 6.94. The molecule has 1 fully saturated rings. The number of carbonyl (C=O) groups excluding carboxylic acids is 2. The van der Waals surface area contributed by atoms with Gasteiger partial charge in [-0.15, -0.1) is 0 Å². The standard InChI is InChI=1S/C25H21Cl2N3O3S/c1-33-20-12-10-19(11-13-20)29-25-30(15-16-4-2-3-5-21(16)27)23(31)14-22(34-25)24(32)28-18-8-6-17(26)7-9-18/h2-13,22H,14-15H2,1H3,(H,28,32)/t22-/m1/s1. The van der Waals surface area contributed by atoms with Crippen LogP contribution in [0.4, 0.5) is 11.4 Å². The molecule has 9 heteroatoms. The molecule has 1 aliphatic heterocycles. The van der Waals surface area contributed by atoms with Crippen LogP contribution in [0, 0.1) is 0 Å². The maximum Gasteiger partial charge on any atom is 0.238 e. The lowest BCUT2D eigenvalue weighted by Gasteiger charge is -2.32. The van der Waals surface area contributed by atoms with Gasteiger partial charge in [-0.25, -0.2) is 4.99 Å². The third kappa shape index (κ3) is 5.91. The molecular weight excluding hydrogens is 493 g/mol. The molecule has 174 valence electrons. The van der Waals surface area contributed by atoms with Crippen molar-refractivity contribution in [1.82, 2.24) is 4.90 Å². The third-order valence-electron chi connectivity index (χ3n) is 5.13. The first-order valence-electron chi connectivity index (χ1n) is 10.4. The van der Waals surface area contributed by atoms with Crippen molar-refractivity contribution >= 4 is 63.3 Å². The van der Waals surface area contributed by atoms with Crippen LogP contribution in [0.2, 0.25) is 10.0 Å². The minimum atomic E-state index is -0.636. The van der Waals surface area contributed by atoms with Crippen LogP contribution in [0.3, 0.4) is 0 Å². The summed E-state index contributed by atoms with van der Waals surface area (Å²) in [6.07, 6.45) is 0.0379. The van der Waals surface area contributed by atoms with Crippen molar-refractivity contribution in [2.24, 2.45) is 4.99 Å². The van der Waals surface area contributed by atoms with E-state index in [1.165, 1.54) is 11.8 Å². The van der Waals surface area contributed by atoms with Crippen molar-refractivity contribution in [2.45, 2.75) is 18.2 Å². The zero-order valence-electron chi connectivity index (χ0n) is 18.2. The Balaban J connectivity index is 1.61. The normalized spacial score (nSPS) is 17.0. The molecule has 3 aromatic rings. The molecule has 0 spiro atoms. The van der Waals surface area contributed by atoms with Crippen molar-refractivity contribution < 1.29 is 14.3 Å². The van der Waals surface area contributed by atoms with Crippen molar-refractivity contribution in [2.75, 3.05) is 12.4 Å². The summed E-state index contributed by atoms with van der Waals surface area (Å²) in [6.45, 7) is 0.256. The first kappa shape index (κ1) is 24.1. The van der Waals surface area contributed by atoms with Gasteiger partial charge in [-0.05, 0) is 60.2 Å². The number of anilines is 1. The number of aliphatic imine (C=N–C) groups is 1. The van der Waals surface area contributed by atoms with Crippen molar-refractivity contribution in [3.8, 4) is 5.75 Å². The molecule has 0 aliphatic carbocycles. The van der Waals surface area contributed by atoms with Crippen LogP contribution < -0.4 is 10.1 Å². The number of hydrogen-bond acceptors (Lipinski definition) is 5. The second-order valence-electron chi connectivity index (χ2n) is 7.47. The van der Waals surface area contributed by atoms with Gasteiger partial charge in [-0.2, -0.15) is 0 Å². The number of halogens is 2. The topological polar surface area (TPSA) is 71.0 Å². The molecule has 0 saturated carbocycles. The highest BCUT2D eigenvalue weighted by molar-refractivity contribution is 8.15. The molecule has 0 radical (unpaired) electrons. The largest absolute Gasteiger partial charge is 0.497 e. The van der Waals surface area contributed by atoms with Crippen LogP contribution >= 0.6 is 35.0 Å². The van der Waals surface area contributed by atoms with Gasteiger partial charge in [0.05, 0.1) is 19.3 Å². The molecule has 0 bridgehead atoms. The first-order valence-corrected chi connectivity index (χ1v) is 12.1. The second kappa shape index (κ2) is 11.0. The summed E-state index contributed by atoms with van der Waals surface area (Å²) in [5.41, 5.74) is 2.04. The summed E-state index contributed by atoms with van der Waals surface area (Å²) in [4.78, 5) is 32.4. The molecule has 1 atom stereocenters. The second-order valence-corrected chi connectivity index (χ2v) is 9.48. The Labute approximate surface area is 211 Å². The summed E-state index contributed by atoms with van der Waals surface area (Å²) in [5.74, 6) is 0.215. The fourth-order valence-corrected chi connectivity index (χ4v) is 4.74. The van der Waals surface area contributed by atoms with Gasteiger partial charge in [0.1, 0.15) is 11.0 Å². The van der Waals surface area contributed by atoms with E-state index in [4.69, 9.17) is 32.9 Å². The van der Waals surface area contributed by atoms with Gasteiger partial charge in [0.2, 0.25) is 11.8 Å². The van der Waals surface area contributed by atoms with E-state index in [1.807, 2.05) is 18.2 Å². The minimum absolute atomic E-state index is 0.0379. The van der Waals surface area contributed by atoms with Gasteiger partial charge >= 0.3 is 0 Å². The number of nitrogens with one attached hydrogen (secondary N) is 1. The fourth-order valence-electron chi connectivity index (χ4n) is 3.32. The maximum atomic E-state index is 13.2. The molecule has 1 saturated heterocycles. The molecule has 1 heterocycles. The van der Waals surface area contributed by atoms with E-state index in [0.29, 0.717) is 32.3 Å². The average Bonchev–Trinajstić information content (AvgIpc) is 2.84. The van der Waals surface area contributed by atoms with E-state index in [0.717, 1.165) is 5.56 Å². The van der Waals surface area contributed by atoms with Crippen LogP contribution in [0.1, 0.15) is 12.0 Å². The average molecular weight is 514 g/mol. The molecule has 3 aromatic carbocycles. The number of amides is 2. The van der Waals surface area contributed by atoms with Crippen molar-refractivity contribution in [3.05, 3.63) is 88.4 Å². The fraction of sp³-hybridized carbons (Fsp3) is 0.160. The summed E-state index contributed by atoms with van der Waals surface area (Å²) < 4.78 is 5.21. The zero-order valence-corrected chi connectivity index (χ0v) is 20.5. The molecule has 1 aliphatic rings. The Morgan fingerprint density at radius 1 is 1.09 bits per heavy atom. The quantitative estimate of drug-likeness (QED) is 0.428. The number of hydrogen-bond donors (Lipinski definition) is 1. The van der Waals surface area contributed by atoms with Gasteiger partial charge in [0.25, 0.3) is 0 Å². The van der Waals surface area contributed by atoms with Crippen LogP contribution in [0.25, 0.3) is 0 Å². The molecule has 34 heavy (non-hydrogen) atoms. The van der Waals surface area contributed by atoms with Gasteiger partial charge < -0.3 is 10.1 Å². The van der Waals surface area contributed by atoms with E-state index in [9.17, 15) is 9.59 Å². The summed E-state index contributed by atoms with van der Waals surface area (Å²) in [7, 11) is 1.59. The zero-order chi connectivity index (χ0) is 24.1. The number of ether oxygens (including phenoxy) is 1. The summed E-state index contributed by atoms with van der Waals surface area (Å²) in [6, 6.07) is 21.3. The molecule has 2 amide bonds. The van der Waals surface area contributed by atoms with E-state index < -0.39 is 5.25 Å². The van der Waals surface area contributed by atoms with Gasteiger partial charge in [0.15, 0.2) is 5.17 Å². The van der Waals surface area contributed by atoms with Gasteiger partial charge in [-0.1, -0.05) is 53.2 Å². The Morgan fingerprint density at radius 2 is 1.79 bits per heavy atom. The van der Waals surface area contributed by atoms with Crippen molar-refractivity contribution in [1.29, 1.82) is 0 Å². The molecule has 0 unspecified atom stereocenters. The lowest BCUT2D eigenvalue weighted by Crippen LogP contribution is -2.44. The SMILES string of the molecule is COc1ccc(N=C2S[C@@H](C(=O)Nc3ccc(Cl)cc3)CC(=O)N2Cc2ccccc2Cl)cc1. The number of carbonyl (C=O) groups is 2. The van der Waals surface area contributed by atoms with E-state index in [-0.39, 0.29) is 24.8 Å². The number of rotatable bonds is 6. The van der Waals surface area contributed by atoms with Crippen LogP contribution in [0.5, 0.6) is 5.75 Å². The van der Waals surface area contributed by atoms with Crippen molar-refractivity contribution in [3.63, 3.8) is 0 Å². The lowest BCUT2D eigenvalue weighted by atomic mass is 10.2. The highest BCUT2D eigenvalue weighted by Gasteiger charge is 2.36. The van der Waals surface area contributed by atoms with Gasteiger partial charge in [-0.3, -0.25) is 14.5 Å². The number of nitrogens with zero attached hydrogens (tertiary/aromatic N) is 2. The number of amidine groups is 1. The Kier molecular flexibility index (Phi) is 7.77. The van der Waals surface area contributed by atoms with Crippen LogP contribution in [0.15, 0.2) is 77.8 Å². The summed E-state index contributed by atoms with van der Waals surface area (Å²) in [5, 5.41) is 3.78. The summed E-state index contributed by atoms with van der Waals surface area (Å²) >= 11 is 13.5. The van der Waals surface area contributed by atoms with E-state index >= 15 is 0 Å². The predicted octanol–water partition coefficient (Wildman–Crippen LogP) is 6.16. The van der Waals surface area contributed by atoms with Gasteiger partial charge in [0, 0.05) is 22.2 Å². The number of benzene rings is 3. The predicted molar refractivity (Wildman–Crippen MR) is 138 cm³/mol. The molecular formula is C25H21Cl2N3O3S. The number of methoxy groups -OCH3 is 1. The van der Waals surface area contributed by atoms with E-state index in [1.54, 1.807) is 66.6 Å². The maximum absolute atomic E-state index is 13.2.